The van der Waals surface area contributed by atoms with Crippen LogP contribution in [0.4, 0.5) is 0 Å². The third-order valence-electron chi connectivity index (χ3n) is 4.00. The van der Waals surface area contributed by atoms with E-state index in [-0.39, 0.29) is 32.8 Å². The Hall–Kier alpha value is -1.24. The second-order valence-corrected chi connectivity index (χ2v) is 11.4. The Bertz CT molecular complexity index is 570. The molecule has 0 heterocycles. The van der Waals surface area contributed by atoms with Gasteiger partial charge in [0.15, 0.2) is 0 Å². The second kappa shape index (κ2) is 16.7. The first kappa shape index (κ1) is 26.8. The first-order valence-corrected chi connectivity index (χ1v) is 14.2. The molecule has 1 aromatic rings. The number of carboxylic acid groups (broad SMARTS) is 1. The smallest absolute Gasteiger partial charge is 0.118 e. The van der Waals surface area contributed by atoms with Crippen LogP contribution < -0.4 is 14.9 Å². The van der Waals surface area contributed by atoms with Gasteiger partial charge >= 0.3 is 69.5 Å². The first-order valence-electron chi connectivity index (χ1n) is 10.1. The van der Waals surface area contributed by atoms with Gasteiger partial charge in [0.2, 0.25) is 0 Å². The van der Waals surface area contributed by atoms with Crippen molar-refractivity contribution in [1.29, 1.82) is 0 Å². The molecule has 0 saturated heterocycles. The van der Waals surface area contributed by atoms with Crippen LogP contribution in [-0.4, -0.2) is 46.5 Å². The maximum absolute atomic E-state index is 11.7. The summed E-state index contributed by atoms with van der Waals surface area (Å²) >= 11 is 0.149. The molecule has 1 aromatic carbocycles. The molecule has 0 radical (unpaired) electrons. The Morgan fingerprint density at radius 2 is 1.82 bits per heavy atom. The first-order chi connectivity index (χ1) is 13.3. The maximum atomic E-state index is 11.7. The average Bonchev–Trinajstić information content (AvgIpc) is 2.66. The van der Waals surface area contributed by atoms with Crippen LogP contribution in [0.5, 0.6) is 11.5 Å². The molecule has 0 amide bonds. The molecular formula is C22H35NO4Sn. The number of hydrogen-bond acceptors (Lipinski definition) is 5. The van der Waals surface area contributed by atoms with Gasteiger partial charge in [-0.3, -0.25) is 4.99 Å². The number of carbonyl (C=O) groups is 1. The van der Waals surface area contributed by atoms with E-state index < -0.39 is 12.0 Å². The van der Waals surface area contributed by atoms with Gasteiger partial charge in [-0.05, 0) is 30.0 Å². The molecule has 1 atom stereocenters. The fourth-order valence-electron chi connectivity index (χ4n) is 2.31. The molecule has 6 heteroatoms. The minimum absolute atomic E-state index is 0.149. The number of carbonyl (C=O) groups excluding carboxylic acids is 1. The summed E-state index contributed by atoms with van der Waals surface area (Å²) in [4.78, 5) is 14.8. The summed E-state index contributed by atoms with van der Waals surface area (Å²) in [5, 5.41) is 22.6. The van der Waals surface area contributed by atoms with Gasteiger partial charge < -0.3 is 19.7 Å². The van der Waals surface area contributed by atoms with Gasteiger partial charge in [0.1, 0.15) is 5.75 Å². The van der Waals surface area contributed by atoms with E-state index in [4.69, 9.17) is 4.74 Å². The van der Waals surface area contributed by atoms with E-state index >= 15 is 0 Å². The van der Waals surface area contributed by atoms with Crippen molar-refractivity contribution in [3.8, 4) is 11.5 Å². The van der Waals surface area contributed by atoms with Crippen LogP contribution in [0, 0.1) is 5.92 Å². The summed E-state index contributed by atoms with van der Waals surface area (Å²) in [7, 11) is 1.47. The van der Waals surface area contributed by atoms with E-state index in [2.05, 4.69) is 18.8 Å². The number of hydrogen-bond donors (Lipinski definition) is 0. The second-order valence-electron chi connectivity index (χ2n) is 7.10. The van der Waals surface area contributed by atoms with Crippen molar-refractivity contribution >= 4 is 33.3 Å². The number of aliphatic carboxylic acids is 1. The van der Waals surface area contributed by atoms with Gasteiger partial charge in [-0.25, -0.2) is 0 Å². The number of ether oxygens (including phenoxy) is 1. The summed E-state index contributed by atoms with van der Waals surface area (Å²) < 4.78 is 8.17. The number of benzene rings is 1. The van der Waals surface area contributed by atoms with Crippen LogP contribution in [0.15, 0.2) is 23.2 Å². The van der Waals surface area contributed by atoms with Crippen molar-refractivity contribution in [2.24, 2.45) is 10.9 Å². The summed E-state index contributed by atoms with van der Waals surface area (Å²) in [5.74, 6) is -0.848. The molecule has 0 aliphatic carbocycles. The van der Waals surface area contributed by atoms with Crippen LogP contribution in [0.2, 0.25) is 8.87 Å². The third kappa shape index (κ3) is 13.0. The standard InChI is InChI=1S/C14H19NO4.2C4H9.Sn/c1-9(2)6-12(14(17)18)15-8-10-4-5-11(19-3)7-13(10)16;2*1-3-4-2;/h4-5,7-9,12,16H,6H2,1-3H3,(H,17,18);2*1,3-4H2,2H3;/q;;;+2/p-2/t12-;;;/m0.../s1. The maximum Gasteiger partial charge on any atom is 0.118 e. The van der Waals surface area contributed by atoms with Gasteiger partial charge in [-0.2, -0.15) is 0 Å². The van der Waals surface area contributed by atoms with Crippen molar-refractivity contribution in [1.82, 2.24) is 0 Å². The molecule has 0 unspecified atom stereocenters. The van der Waals surface area contributed by atoms with E-state index in [1.54, 1.807) is 21.0 Å². The molecule has 0 aromatic heterocycles. The number of nitrogens with zero attached hydrogens (tertiary/aromatic N) is 1. The molecule has 0 spiro atoms. The molecule has 0 bridgehead atoms. The van der Waals surface area contributed by atoms with Crippen molar-refractivity contribution < 1.29 is 19.7 Å². The number of methoxy groups -OCH3 is 1. The average molecular weight is 496 g/mol. The van der Waals surface area contributed by atoms with Crippen molar-refractivity contribution in [3.63, 3.8) is 0 Å². The van der Waals surface area contributed by atoms with Crippen molar-refractivity contribution in [3.05, 3.63) is 23.8 Å². The van der Waals surface area contributed by atoms with Gasteiger partial charge in [0.25, 0.3) is 0 Å². The van der Waals surface area contributed by atoms with E-state index in [0.29, 0.717) is 17.7 Å². The Balaban J connectivity index is 0.000000684. The van der Waals surface area contributed by atoms with Gasteiger partial charge in [0.05, 0.1) is 19.1 Å². The fourth-order valence-corrected chi connectivity index (χ4v) is 6.47. The third-order valence-corrected chi connectivity index (χ3v) is 8.03. The number of rotatable bonds is 12. The summed E-state index contributed by atoms with van der Waals surface area (Å²) in [5.41, 5.74) is 0.329. The van der Waals surface area contributed by atoms with Gasteiger partial charge in [-0.1, -0.05) is 25.7 Å². The van der Waals surface area contributed by atoms with Crippen LogP contribution in [-0.2, 0) is 4.79 Å². The summed E-state index contributed by atoms with van der Waals surface area (Å²) in [6.45, 7) is 8.38. The van der Waals surface area contributed by atoms with E-state index in [1.807, 2.05) is 13.8 Å². The minimum Gasteiger partial charge on any atom is -0.872 e. The largest absolute Gasteiger partial charge is 0.872 e. The summed E-state index contributed by atoms with van der Waals surface area (Å²) in [6.07, 6.45) is 7.50. The van der Waals surface area contributed by atoms with Gasteiger partial charge in [-0.15, -0.1) is 0 Å². The van der Waals surface area contributed by atoms with Crippen LogP contribution in [0.3, 0.4) is 0 Å². The van der Waals surface area contributed by atoms with Crippen LogP contribution in [0.1, 0.15) is 65.4 Å². The predicted molar refractivity (Wildman–Crippen MR) is 113 cm³/mol. The molecule has 1 rings (SSSR count). The van der Waals surface area contributed by atoms with Crippen molar-refractivity contribution in [2.45, 2.75) is 74.7 Å². The number of carboxylic acids is 1. The van der Waals surface area contributed by atoms with E-state index in [0.717, 1.165) is 0 Å². The molecule has 0 aliphatic heterocycles. The number of aliphatic imine (C=N–C) groups is 1. The molecule has 0 N–H and O–H groups in total. The Morgan fingerprint density at radius 1 is 1.21 bits per heavy atom. The normalized spacial score (nSPS) is 11.6. The Kier molecular flexibility index (Phi) is 15.9. The molecule has 156 valence electrons. The molecule has 0 aliphatic rings. The Labute approximate surface area is 180 Å². The van der Waals surface area contributed by atoms with E-state index in [1.165, 1.54) is 45.1 Å². The minimum atomic E-state index is -1.23. The number of unbranched alkanes of at least 4 members (excludes halogenated alkanes) is 2. The molecular weight excluding hydrogens is 461 g/mol. The monoisotopic (exact) mass is 497 g/mol. The molecule has 5 nitrogen and oxygen atoms in total. The van der Waals surface area contributed by atoms with E-state index in [9.17, 15) is 15.0 Å². The van der Waals surface area contributed by atoms with Crippen LogP contribution in [0.25, 0.3) is 0 Å². The molecule has 28 heavy (non-hydrogen) atoms. The van der Waals surface area contributed by atoms with Crippen molar-refractivity contribution in [2.75, 3.05) is 7.11 Å². The Morgan fingerprint density at radius 3 is 2.25 bits per heavy atom. The zero-order chi connectivity index (χ0) is 21.4. The molecule has 0 saturated carbocycles. The SMILES string of the molecule is CCC[CH2][Sn+2][CH2]CCC.COc1ccc(C=N[C@@H](CC(C)C)C(=O)[O-])c([O-])c1. The van der Waals surface area contributed by atoms with Crippen LogP contribution >= 0.6 is 0 Å². The quantitative estimate of drug-likeness (QED) is 0.252. The zero-order valence-electron chi connectivity index (χ0n) is 18.0. The fraction of sp³-hybridized carbons (Fsp3) is 0.636. The summed E-state index contributed by atoms with van der Waals surface area (Å²) in [6, 6.07) is 3.57. The topological polar surface area (TPSA) is 84.8 Å². The zero-order valence-corrected chi connectivity index (χ0v) is 20.8. The molecule has 0 fully saturated rings. The van der Waals surface area contributed by atoms with Gasteiger partial charge in [0, 0.05) is 6.21 Å². The predicted octanol–water partition coefficient (Wildman–Crippen LogP) is 3.48.